The maximum absolute atomic E-state index is 5.78. The summed E-state index contributed by atoms with van der Waals surface area (Å²) < 4.78 is 4.92. The molecule has 0 amide bonds. The average molecular weight is 232 g/mol. The quantitative estimate of drug-likeness (QED) is 0.522. The first kappa shape index (κ1) is 14.0. The maximum atomic E-state index is 5.78. The fourth-order valence-electron chi connectivity index (χ4n) is 1.17. The van der Waals surface area contributed by atoms with Crippen LogP contribution in [0.3, 0.4) is 0 Å². The number of hydrogen-bond acceptors (Lipinski definition) is 4. The van der Waals surface area contributed by atoms with E-state index in [4.69, 9.17) is 16.2 Å². The summed E-state index contributed by atoms with van der Waals surface area (Å²) in [5, 5.41) is 3.22. The molecule has 0 saturated carbocycles. The maximum Gasteiger partial charge on any atom is 0.0587 e. The van der Waals surface area contributed by atoms with Crippen molar-refractivity contribution in [2.45, 2.75) is 6.54 Å². The first-order chi connectivity index (χ1) is 6.74. The van der Waals surface area contributed by atoms with Crippen molar-refractivity contribution >= 4 is 23.8 Å². The summed E-state index contributed by atoms with van der Waals surface area (Å²) >= 11 is 0. The third-order valence-corrected chi connectivity index (χ3v) is 1.97. The van der Waals surface area contributed by atoms with Crippen molar-refractivity contribution in [3.63, 3.8) is 0 Å². The number of hydrogen-bond donors (Lipinski definition) is 3. The number of nitrogens with two attached hydrogens (primary N) is 2. The molecule has 0 aliphatic rings. The van der Waals surface area contributed by atoms with Crippen molar-refractivity contribution in [3.05, 3.63) is 23.8 Å². The highest BCUT2D eigenvalue weighted by Crippen LogP contribution is 2.14. The molecule has 0 aliphatic heterocycles. The fourth-order valence-corrected chi connectivity index (χ4v) is 1.17. The number of halogens is 1. The van der Waals surface area contributed by atoms with Gasteiger partial charge in [-0.05, 0) is 17.7 Å². The zero-order valence-corrected chi connectivity index (χ0v) is 9.64. The van der Waals surface area contributed by atoms with Gasteiger partial charge in [0.2, 0.25) is 0 Å². The van der Waals surface area contributed by atoms with Crippen molar-refractivity contribution in [2.24, 2.45) is 0 Å². The van der Waals surface area contributed by atoms with Crippen LogP contribution in [0.25, 0.3) is 0 Å². The van der Waals surface area contributed by atoms with E-state index >= 15 is 0 Å². The molecular formula is C10H18ClN3O. The van der Waals surface area contributed by atoms with Crippen LogP contribution >= 0.6 is 12.4 Å². The van der Waals surface area contributed by atoms with E-state index in [2.05, 4.69) is 5.32 Å². The normalized spacial score (nSPS) is 9.67. The number of nitrogens with one attached hydrogen (secondary N) is 1. The molecule has 5 heteroatoms. The summed E-state index contributed by atoms with van der Waals surface area (Å²) in [7, 11) is 1.68. The number of methoxy groups -OCH3 is 1. The van der Waals surface area contributed by atoms with Crippen molar-refractivity contribution in [1.29, 1.82) is 0 Å². The second-order valence-corrected chi connectivity index (χ2v) is 3.13. The molecule has 1 aromatic rings. The lowest BCUT2D eigenvalue weighted by Gasteiger charge is -2.07. The number of benzene rings is 1. The average Bonchev–Trinajstić information content (AvgIpc) is 2.15. The minimum atomic E-state index is 0. The molecular weight excluding hydrogens is 214 g/mol. The lowest BCUT2D eigenvalue weighted by Crippen LogP contribution is -2.19. The number of anilines is 2. The number of rotatable bonds is 5. The van der Waals surface area contributed by atoms with Crippen LogP contribution < -0.4 is 16.8 Å². The predicted octanol–water partition coefficient (Wildman–Crippen LogP) is 1.01. The summed E-state index contributed by atoms with van der Waals surface area (Å²) in [5.41, 5.74) is 13.9. The molecule has 15 heavy (non-hydrogen) atoms. The molecule has 0 spiro atoms. The van der Waals surface area contributed by atoms with Gasteiger partial charge in [0.15, 0.2) is 0 Å². The zero-order valence-electron chi connectivity index (χ0n) is 8.82. The highest BCUT2D eigenvalue weighted by molar-refractivity contribution is 5.85. The van der Waals surface area contributed by atoms with Gasteiger partial charge in [-0.15, -0.1) is 12.4 Å². The Morgan fingerprint density at radius 1 is 1.33 bits per heavy atom. The van der Waals surface area contributed by atoms with Gasteiger partial charge in [-0.3, -0.25) is 0 Å². The Balaban J connectivity index is 0.00000196. The molecule has 0 bridgehead atoms. The zero-order chi connectivity index (χ0) is 10.4. The summed E-state index contributed by atoms with van der Waals surface area (Å²) in [6.45, 7) is 2.27. The minimum Gasteiger partial charge on any atom is -0.399 e. The van der Waals surface area contributed by atoms with E-state index in [1.54, 1.807) is 13.2 Å². The van der Waals surface area contributed by atoms with Gasteiger partial charge in [0.05, 0.1) is 6.61 Å². The van der Waals surface area contributed by atoms with Gasteiger partial charge >= 0.3 is 0 Å². The highest BCUT2D eigenvalue weighted by atomic mass is 35.5. The van der Waals surface area contributed by atoms with E-state index in [0.717, 1.165) is 24.3 Å². The Bertz CT molecular complexity index is 294. The standard InChI is InChI=1S/C10H17N3O.ClH/c1-14-5-4-13-7-8-2-3-9(11)6-10(8)12;/h2-3,6,13H,4-5,7,11-12H2,1H3;1H. The summed E-state index contributed by atoms with van der Waals surface area (Å²) in [6, 6.07) is 5.56. The molecule has 5 N–H and O–H groups in total. The van der Waals surface area contributed by atoms with E-state index in [9.17, 15) is 0 Å². The smallest absolute Gasteiger partial charge is 0.0587 e. The SMILES string of the molecule is COCCNCc1ccc(N)cc1N.Cl. The molecule has 0 unspecified atom stereocenters. The summed E-state index contributed by atoms with van der Waals surface area (Å²) in [5.74, 6) is 0. The van der Waals surface area contributed by atoms with Crippen LogP contribution in [0, 0.1) is 0 Å². The van der Waals surface area contributed by atoms with Gasteiger partial charge in [0.1, 0.15) is 0 Å². The van der Waals surface area contributed by atoms with Gasteiger partial charge < -0.3 is 21.5 Å². The lowest BCUT2D eigenvalue weighted by atomic mass is 10.1. The van der Waals surface area contributed by atoms with Crippen molar-refractivity contribution < 1.29 is 4.74 Å². The van der Waals surface area contributed by atoms with Gasteiger partial charge in [0, 0.05) is 31.6 Å². The van der Waals surface area contributed by atoms with E-state index in [0.29, 0.717) is 12.3 Å². The van der Waals surface area contributed by atoms with Crippen LogP contribution in [0.4, 0.5) is 11.4 Å². The number of nitrogen functional groups attached to an aromatic ring is 2. The molecule has 0 saturated heterocycles. The van der Waals surface area contributed by atoms with E-state index in [1.807, 2.05) is 12.1 Å². The lowest BCUT2D eigenvalue weighted by molar-refractivity contribution is 0.199. The van der Waals surface area contributed by atoms with Crippen molar-refractivity contribution in [2.75, 3.05) is 31.7 Å². The summed E-state index contributed by atoms with van der Waals surface area (Å²) in [6.07, 6.45) is 0. The number of ether oxygens (including phenoxy) is 1. The molecule has 0 aromatic heterocycles. The van der Waals surface area contributed by atoms with Crippen LogP contribution in [0.1, 0.15) is 5.56 Å². The Morgan fingerprint density at radius 2 is 2.07 bits per heavy atom. The van der Waals surface area contributed by atoms with Crippen LogP contribution in [-0.2, 0) is 11.3 Å². The third kappa shape index (κ3) is 4.88. The van der Waals surface area contributed by atoms with Gasteiger partial charge in [-0.1, -0.05) is 6.07 Å². The highest BCUT2D eigenvalue weighted by Gasteiger charge is 1.98. The first-order valence-corrected chi connectivity index (χ1v) is 4.57. The molecule has 0 heterocycles. The van der Waals surface area contributed by atoms with E-state index in [-0.39, 0.29) is 12.4 Å². The predicted molar refractivity (Wildman–Crippen MR) is 66.1 cm³/mol. The van der Waals surface area contributed by atoms with Crippen LogP contribution in [0.2, 0.25) is 0 Å². The molecule has 0 radical (unpaired) electrons. The van der Waals surface area contributed by atoms with Crippen LogP contribution in [-0.4, -0.2) is 20.3 Å². The minimum absolute atomic E-state index is 0. The Labute approximate surface area is 96.4 Å². The van der Waals surface area contributed by atoms with Crippen LogP contribution in [0.15, 0.2) is 18.2 Å². The summed E-state index contributed by atoms with van der Waals surface area (Å²) in [4.78, 5) is 0. The molecule has 4 nitrogen and oxygen atoms in total. The van der Waals surface area contributed by atoms with Gasteiger partial charge in [0.25, 0.3) is 0 Å². The second-order valence-electron chi connectivity index (χ2n) is 3.13. The van der Waals surface area contributed by atoms with E-state index < -0.39 is 0 Å². The largest absolute Gasteiger partial charge is 0.399 e. The Hall–Kier alpha value is -0.970. The van der Waals surface area contributed by atoms with E-state index in [1.165, 1.54) is 0 Å². The molecule has 0 aliphatic carbocycles. The molecule has 86 valence electrons. The van der Waals surface area contributed by atoms with Gasteiger partial charge in [-0.2, -0.15) is 0 Å². The molecule has 1 rings (SSSR count). The fraction of sp³-hybridized carbons (Fsp3) is 0.400. The third-order valence-electron chi connectivity index (χ3n) is 1.97. The Morgan fingerprint density at radius 3 is 2.67 bits per heavy atom. The monoisotopic (exact) mass is 231 g/mol. The topological polar surface area (TPSA) is 73.3 Å². The van der Waals surface area contributed by atoms with Crippen molar-refractivity contribution in [3.8, 4) is 0 Å². The second kappa shape index (κ2) is 7.34. The molecule has 0 atom stereocenters. The molecule has 1 aromatic carbocycles. The molecule has 0 fully saturated rings. The van der Waals surface area contributed by atoms with Gasteiger partial charge in [-0.25, -0.2) is 0 Å². The van der Waals surface area contributed by atoms with Crippen LogP contribution in [0.5, 0.6) is 0 Å². The Kier molecular flexibility index (Phi) is 6.86. The first-order valence-electron chi connectivity index (χ1n) is 4.57. The van der Waals surface area contributed by atoms with Crippen molar-refractivity contribution in [1.82, 2.24) is 5.32 Å².